The van der Waals surface area contributed by atoms with E-state index in [0.29, 0.717) is 18.1 Å². The summed E-state index contributed by atoms with van der Waals surface area (Å²) >= 11 is 11.0. The Morgan fingerprint density at radius 1 is 1.53 bits per heavy atom. The summed E-state index contributed by atoms with van der Waals surface area (Å²) < 4.78 is 5.31. The highest BCUT2D eigenvalue weighted by molar-refractivity contribution is 6.67. The molecule has 1 aromatic heterocycles. The number of aromatic nitrogens is 1. The molecule has 82 valence electrons. The number of halogens is 2. The van der Waals surface area contributed by atoms with Crippen LogP contribution >= 0.6 is 23.2 Å². The molecule has 0 atom stereocenters. The fourth-order valence-corrected chi connectivity index (χ4v) is 1.29. The van der Waals surface area contributed by atoms with Gasteiger partial charge in [0.05, 0.1) is 6.61 Å². The van der Waals surface area contributed by atoms with Gasteiger partial charge in [-0.3, -0.25) is 4.79 Å². The van der Waals surface area contributed by atoms with Gasteiger partial charge >= 0.3 is 0 Å². The zero-order valence-corrected chi connectivity index (χ0v) is 9.81. The van der Waals surface area contributed by atoms with E-state index >= 15 is 0 Å². The minimum Gasteiger partial charge on any atom is -0.478 e. The van der Waals surface area contributed by atoms with E-state index in [9.17, 15) is 4.79 Å². The molecular weight excluding hydrogens is 237 g/mol. The summed E-state index contributed by atoms with van der Waals surface area (Å²) in [7, 11) is 0. The molecule has 3 nitrogen and oxygen atoms in total. The van der Waals surface area contributed by atoms with Crippen molar-refractivity contribution >= 4 is 28.4 Å². The van der Waals surface area contributed by atoms with Crippen LogP contribution in [0, 0.1) is 0 Å². The normalized spacial score (nSPS) is 10.1. The van der Waals surface area contributed by atoms with E-state index in [2.05, 4.69) is 11.9 Å². The van der Waals surface area contributed by atoms with Gasteiger partial charge in [0.15, 0.2) is 0 Å². The SMILES string of the molecule is CCCCOc1cc(C(=O)Cl)cc(Cl)n1. The van der Waals surface area contributed by atoms with Crippen LogP contribution in [-0.2, 0) is 0 Å². The Hall–Kier alpha value is -0.800. The van der Waals surface area contributed by atoms with Crippen LogP contribution in [0.4, 0.5) is 0 Å². The summed E-state index contributed by atoms with van der Waals surface area (Å²) in [6, 6.07) is 2.89. The smallest absolute Gasteiger partial charge is 0.252 e. The van der Waals surface area contributed by atoms with E-state index in [1.54, 1.807) is 0 Å². The van der Waals surface area contributed by atoms with Gasteiger partial charge in [-0.2, -0.15) is 0 Å². The molecule has 0 saturated carbocycles. The Morgan fingerprint density at radius 3 is 2.87 bits per heavy atom. The minimum atomic E-state index is -0.570. The van der Waals surface area contributed by atoms with Gasteiger partial charge in [-0.15, -0.1) is 0 Å². The van der Waals surface area contributed by atoms with E-state index in [-0.39, 0.29) is 5.15 Å². The second-order valence-corrected chi connectivity index (χ2v) is 3.72. The molecule has 0 aliphatic heterocycles. The lowest BCUT2D eigenvalue weighted by Crippen LogP contribution is -2.00. The molecule has 0 unspecified atom stereocenters. The average Bonchev–Trinajstić information content (AvgIpc) is 2.17. The Kier molecular flexibility index (Phi) is 4.85. The molecule has 0 aromatic carbocycles. The Bertz CT molecular complexity index is 355. The zero-order valence-electron chi connectivity index (χ0n) is 8.30. The van der Waals surface area contributed by atoms with E-state index in [1.807, 2.05) is 0 Å². The van der Waals surface area contributed by atoms with E-state index in [4.69, 9.17) is 27.9 Å². The zero-order chi connectivity index (χ0) is 11.3. The maximum absolute atomic E-state index is 10.9. The van der Waals surface area contributed by atoms with Crippen molar-refractivity contribution in [1.29, 1.82) is 0 Å². The van der Waals surface area contributed by atoms with Gasteiger partial charge in [0.1, 0.15) is 5.15 Å². The second-order valence-electron chi connectivity index (χ2n) is 2.99. The van der Waals surface area contributed by atoms with Crippen molar-refractivity contribution < 1.29 is 9.53 Å². The monoisotopic (exact) mass is 247 g/mol. The molecule has 0 aliphatic carbocycles. The highest BCUT2D eigenvalue weighted by atomic mass is 35.5. The number of carbonyl (C=O) groups is 1. The molecule has 15 heavy (non-hydrogen) atoms. The Labute approximate surface area is 98.4 Å². The number of ether oxygens (including phenoxy) is 1. The quantitative estimate of drug-likeness (QED) is 0.456. The van der Waals surface area contributed by atoms with Crippen LogP contribution in [0.2, 0.25) is 5.15 Å². The molecule has 0 radical (unpaired) electrons. The first-order valence-electron chi connectivity index (χ1n) is 4.63. The number of nitrogens with zero attached hydrogens (tertiary/aromatic N) is 1. The van der Waals surface area contributed by atoms with Gasteiger partial charge in [0.25, 0.3) is 5.24 Å². The number of pyridine rings is 1. The van der Waals surface area contributed by atoms with Crippen molar-refractivity contribution in [2.45, 2.75) is 19.8 Å². The second kappa shape index (κ2) is 5.93. The predicted molar refractivity (Wildman–Crippen MR) is 59.8 cm³/mol. The van der Waals surface area contributed by atoms with Crippen LogP contribution in [0.5, 0.6) is 5.88 Å². The fraction of sp³-hybridized carbons (Fsp3) is 0.400. The number of rotatable bonds is 5. The highest BCUT2D eigenvalue weighted by Gasteiger charge is 2.07. The number of unbranched alkanes of at least 4 members (excludes halogenated alkanes) is 1. The van der Waals surface area contributed by atoms with Gasteiger partial charge in [0, 0.05) is 11.6 Å². The Morgan fingerprint density at radius 2 is 2.27 bits per heavy atom. The molecule has 0 aliphatic rings. The molecule has 0 bridgehead atoms. The standard InChI is InChI=1S/C10H11Cl2NO2/c1-2-3-4-15-9-6-7(10(12)14)5-8(11)13-9/h5-6H,2-4H2,1H3. The lowest BCUT2D eigenvalue weighted by Gasteiger charge is -2.05. The van der Waals surface area contributed by atoms with Crippen molar-refractivity contribution in [3.63, 3.8) is 0 Å². The summed E-state index contributed by atoms with van der Waals surface area (Å²) in [5.41, 5.74) is 0.295. The molecule has 1 aromatic rings. The summed E-state index contributed by atoms with van der Waals surface area (Å²) in [5, 5.41) is -0.368. The maximum atomic E-state index is 10.9. The molecule has 1 rings (SSSR count). The third-order valence-corrected chi connectivity index (χ3v) is 2.16. The summed E-state index contributed by atoms with van der Waals surface area (Å²) in [4.78, 5) is 14.8. The molecule has 5 heteroatoms. The van der Waals surface area contributed by atoms with Crippen LogP contribution in [-0.4, -0.2) is 16.8 Å². The van der Waals surface area contributed by atoms with Crippen LogP contribution in [0.1, 0.15) is 30.1 Å². The van der Waals surface area contributed by atoms with Crippen molar-refractivity contribution in [3.8, 4) is 5.88 Å². The molecular formula is C10H11Cl2NO2. The van der Waals surface area contributed by atoms with E-state index in [0.717, 1.165) is 12.8 Å². The maximum Gasteiger partial charge on any atom is 0.252 e. The summed E-state index contributed by atoms with van der Waals surface area (Å²) in [5.74, 6) is 0.333. The topological polar surface area (TPSA) is 39.2 Å². The predicted octanol–water partition coefficient (Wildman–Crippen LogP) is 3.29. The number of hydrogen-bond acceptors (Lipinski definition) is 3. The number of carbonyl (C=O) groups excluding carboxylic acids is 1. The van der Waals surface area contributed by atoms with Crippen molar-refractivity contribution in [2.75, 3.05) is 6.61 Å². The van der Waals surface area contributed by atoms with Crippen LogP contribution < -0.4 is 4.74 Å². The first kappa shape index (κ1) is 12.3. The van der Waals surface area contributed by atoms with Gasteiger partial charge in [-0.1, -0.05) is 24.9 Å². The molecule has 0 fully saturated rings. The van der Waals surface area contributed by atoms with Gasteiger partial charge in [0.2, 0.25) is 5.88 Å². The number of hydrogen-bond donors (Lipinski definition) is 0. The minimum absolute atomic E-state index is 0.202. The lowest BCUT2D eigenvalue weighted by atomic mass is 10.3. The largest absolute Gasteiger partial charge is 0.478 e. The van der Waals surface area contributed by atoms with Crippen molar-refractivity contribution in [2.24, 2.45) is 0 Å². The summed E-state index contributed by atoms with van der Waals surface area (Å²) in [6.45, 7) is 2.61. The third kappa shape index (κ3) is 4.06. The van der Waals surface area contributed by atoms with Gasteiger partial charge in [-0.05, 0) is 24.1 Å². The highest BCUT2D eigenvalue weighted by Crippen LogP contribution is 2.18. The molecule has 0 saturated heterocycles. The molecule has 1 heterocycles. The van der Waals surface area contributed by atoms with E-state index < -0.39 is 5.24 Å². The lowest BCUT2D eigenvalue weighted by molar-refractivity contribution is 0.108. The van der Waals surface area contributed by atoms with Crippen LogP contribution in [0.15, 0.2) is 12.1 Å². The van der Waals surface area contributed by atoms with Gasteiger partial charge < -0.3 is 4.74 Å². The molecule has 0 spiro atoms. The average molecular weight is 248 g/mol. The Balaban J connectivity index is 2.75. The third-order valence-electron chi connectivity index (χ3n) is 1.75. The van der Waals surface area contributed by atoms with Crippen molar-refractivity contribution in [1.82, 2.24) is 4.98 Å². The van der Waals surface area contributed by atoms with E-state index in [1.165, 1.54) is 12.1 Å². The van der Waals surface area contributed by atoms with Gasteiger partial charge in [-0.25, -0.2) is 4.98 Å². The molecule has 0 amide bonds. The molecule has 0 N–H and O–H groups in total. The summed E-state index contributed by atoms with van der Waals surface area (Å²) in [6.07, 6.45) is 1.96. The van der Waals surface area contributed by atoms with Crippen LogP contribution in [0.3, 0.4) is 0 Å². The first-order chi connectivity index (χ1) is 7.13. The fourth-order valence-electron chi connectivity index (χ4n) is 0.981. The van der Waals surface area contributed by atoms with Crippen LogP contribution in [0.25, 0.3) is 0 Å². The van der Waals surface area contributed by atoms with Crippen molar-refractivity contribution in [3.05, 3.63) is 22.8 Å². The first-order valence-corrected chi connectivity index (χ1v) is 5.39.